The maximum Gasteiger partial charge on any atom is 0.240 e. The van der Waals surface area contributed by atoms with Gasteiger partial charge in [-0.2, -0.15) is 0 Å². The first kappa shape index (κ1) is 24.0. The van der Waals surface area contributed by atoms with Gasteiger partial charge in [-0.05, 0) is 67.7 Å². The maximum absolute atomic E-state index is 12.7. The van der Waals surface area contributed by atoms with Gasteiger partial charge in [0, 0.05) is 25.6 Å². The second-order valence-electron chi connectivity index (χ2n) is 9.61. The fourth-order valence-electron chi connectivity index (χ4n) is 5.09. The monoisotopic (exact) mass is 468 g/mol. The quantitative estimate of drug-likeness (QED) is 0.610. The number of nitrogens with zero attached hydrogens (tertiary/aromatic N) is 1. The first-order valence-corrected chi connectivity index (χ1v) is 13.9. The van der Waals surface area contributed by atoms with Crippen molar-refractivity contribution in [3.05, 3.63) is 65.7 Å². The minimum absolute atomic E-state index is 0.0536. The summed E-state index contributed by atoms with van der Waals surface area (Å²) in [5, 5.41) is 0. The maximum atomic E-state index is 12.7. The van der Waals surface area contributed by atoms with Crippen LogP contribution in [0, 0.1) is 5.92 Å². The number of likely N-dealkylation sites (tertiary alicyclic amines) is 1. The summed E-state index contributed by atoms with van der Waals surface area (Å²) >= 11 is 0. The zero-order valence-corrected chi connectivity index (χ0v) is 20.2. The number of amides is 1. The first-order valence-electron chi connectivity index (χ1n) is 12.4. The first-order chi connectivity index (χ1) is 16.0. The van der Waals surface area contributed by atoms with Crippen molar-refractivity contribution in [2.24, 2.45) is 5.92 Å². The highest BCUT2D eigenvalue weighted by Crippen LogP contribution is 2.23. The van der Waals surface area contributed by atoms with Crippen LogP contribution >= 0.6 is 0 Å². The van der Waals surface area contributed by atoms with Crippen LogP contribution in [0.25, 0.3) is 0 Å². The second-order valence-corrected chi connectivity index (χ2v) is 11.3. The molecule has 178 valence electrons. The highest BCUT2D eigenvalue weighted by Gasteiger charge is 2.24. The summed E-state index contributed by atoms with van der Waals surface area (Å²) in [6.45, 7) is 1.67. The molecule has 0 bridgehead atoms. The molecule has 2 aromatic rings. The largest absolute Gasteiger partial charge is 0.343 e. The van der Waals surface area contributed by atoms with Gasteiger partial charge in [0.15, 0.2) is 0 Å². The van der Waals surface area contributed by atoms with Gasteiger partial charge >= 0.3 is 0 Å². The Morgan fingerprint density at radius 2 is 1.52 bits per heavy atom. The van der Waals surface area contributed by atoms with Crippen molar-refractivity contribution < 1.29 is 13.2 Å². The standard InChI is InChI=1S/C27H36N2O3S/c30-27(29-19-17-24(18-20-29)21-23-7-3-1-4-8-23)16-13-22-11-14-26(15-12-22)33(31,32)28-25-9-5-2-6-10-25/h1,3-4,7-8,11-12,14-15,24-25,28H,2,5-6,9-10,13,16-21H2. The average Bonchev–Trinajstić information content (AvgIpc) is 2.84. The summed E-state index contributed by atoms with van der Waals surface area (Å²) in [7, 11) is -3.48. The van der Waals surface area contributed by atoms with Gasteiger partial charge in [-0.25, -0.2) is 13.1 Å². The lowest BCUT2D eigenvalue weighted by molar-refractivity contribution is -0.132. The molecule has 1 saturated carbocycles. The Kier molecular flexibility index (Phi) is 8.20. The fourth-order valence-corrected chi connectivity index (χ4v) is 6.39. The Labute approximate surface area is 198 Å². The molecule has 1 heterocycles. The number of rotatable bonds is 8. The Hall–Kier alpha value is -2.18. The van der Waals surface area contributed by atoms with E-state index in [4.69, 9.17) is 0 Å². The van der Waals surface area contributed by atoms with Crippen LogP contribution in [0.15, 0.2) is 59.5 Å². The zero-order valence-electron chi connectivity index (χ0n) is 19.4. The normalized spacial score (nSPS) is 18.4. The van der Waals surface area contributed by atoms with E-state index in [1.807, 2.05) is 23.1 Å². The Morgan fingerprint density at radius 1 is 0.848 bits per heavy atom. The van der Waals surface area contributed by atoms with Gasteiger partial charge in [-0.15, -0.1) is 0 Å². The van der Waals surface area contributed by atoms with Crippen molar-refractivity contribution in [1.82, 2.24) is 9.62 Å². The summed E-state index contributed by atoms with van der Waals surface area (Å²) < 4.78 is 28.2. The minimum Gasteiger partial charge on any atom is -0.343 e. The van der Waals surface area contributed by atoms with Gasteiger partial charge in [-0.1, -0.05) is 61.7 Å². The number of piperidine rings is 1. The van der Waals surface area contributed by atoms with Crippen LogP contribution in [0.1, 0.15) is 62.5 Å². The number of nitrogens with one attached hydrogen (secondary N) is 1. The molecular weight excluding hydrogens is 432 g/mol. The number of aryl methyl sites for hydroxylation is 1. The molecule has 1 aliphatic carbocycles. The molecule has 1 N–H and O–H groups in total. The van der Waals surface area contributed by atoms with E-state index in [0.717, 1.165) is 63.6 Å². The lowest BCUT2D eigenvalue weighted by Gasteiger charge is -2.32. The molecule has 0 atom stereocenters. The smallest absolute Gasteiger partial charge is 0.240 e. The molecule has 2 aliphatic rings. The highest BCUT2D eigenvalue weighted by atomic mass is 32.2. The van der Waals surface area contributed by atoms with E-state index in [9.17, 15) is 13.2 Å². The van der Waals surface area contributed by atoms with Gasteiger partial charge in [0.2, 0.25) is 15.9 Å². The van der Waals surface area contributed by atoms with E-state index >= 15 is 0 Å². The molecule has 0 unspecified atom stereocenters. The van der Waals surface area contributed by atoms with Crippen molar-refractivity contribution >= 4 is 15.9 Å². The topological polar surface area (TPSA) is 66.5 Å². The molecule has 0 radical (unpaired) electrons. The van der Waals surface area contributed by atoms with Crippen molar-refractivity contribution in [2.45, 2.75) is 75.1 Å². The van der Waals surface area contributed by atoms with E-state index in [1.165, 1.54) is 12.0 Å². The molecule has 1 aliphatic heterocycles. The van der Waals surface area contributed by atoms with Gasteiger partial charge in [0.25, 0.3) is 0 Å². The van der Waals surface area contributed by atoms with Crippen LogP contribution in [0.2, 0.25) is 0 Å². The number of carbonyl (C=O) groups excluding carboxylic acids is 1. The van der Waals surface area contributed by atoms with Gasteiger partial charge < -0.3 is 4.90 Å². The fraction of sp³-hybridized carbons (Fsp3) is 0.519. The van der Waals surface area contributed by atoms with Gasteiger partial charge in [0.05, 0.1) is 4.90 Å². The highest BCUT2D eigenvalue weighted by molar-refractivity contribution is 7.89. The van der Waals surface area contributed by atoms with Crippen molar-refractivity contribution in [2.75, 3.05) is 13.1 Å². The van der Waals surface area contributed by atoms with E-state index in [2.05, 4.69) is 29.0 Å². The van der Waals surface area contributed by atoms with E-state index in [-0.39, 0.29) is 11.9 Å². The van der Waals surface area contributed by atoms with E-state index in [0.29, 0.717) is 23.7 Å². The van der Waals surface area contributed by atoms with Gasteiger partial charge in [0.1, 0.15) is 0 Å². The number of benzene rings is 2. The van der Waals surface area contributed by atoms with Crippen LogP contribution < -0.4 is 4.72 Å². The van der Waals surface area contributed by atoms with Crippen molar-refractivity contribution in [3.63, 3.8) is 0 Å². The summed E-state index contributed by atoms with van der Waals surface area (Å²) in [6, 6.07) is 17.7. The zero-order chi connectivity index (χ0) is 23.1. The number of hydrogen-bond donors (Lipinski definition) is 1. The molecule has 1 saturated heterocycles. The number of carbonyl (C=O) groups is 1. The third-order valence-corrected chi connectivity index (χ3v) is 8.66. The lowest BCUT2D eigenvalue weighted by Crippen LogP contribution is -2.39. The SMILES string of the molecule is O=C(CCc1ccc(S(=O)(=O)NC2CCCCC2)cc1)N1CCC(Cc2ccccc2)CC1. The molecule has 1 amide bonds. The summed E-state index contributed by atoms with van der Waals surface area (Å²) in [4.78, 5) is 15.0. The van der Waals surface area contributed by atoms with Crippen LogP contribution in [0.4, 0.5) is 0 Å². The predicted molar refractivity (Wildman–Crippen MR) is 131 cm³/mol. The third kappa shape index (κ3) is 6.90. The Balaban J connectivity index is 1.22. The van der Waals surface area contributed by atoms with Gasteiger partial charge in [-0.3, -0.25) is 4.79 Å². The van der Waals surface area contributed by atoms with E-state index in [1.54, 1.807) is 12.1 Å². The second kappa shape index (κ2) is 11.3. The Bertz CT molecular complexity index is 991. The van der Waals surface area contributed by atoms with Crippen LogP contribution in [0.5, 0.6) is 0 Å². The summed E-state index contributed by atoms with van der Waals surface area (Å²) in [5.74, 6) is 0.844. The molecule has 6 heteroatoms. The average molecular weight is 469 g/mol. The Morgan fingerprint density at radius 3 is 2.18 bits per heavy atom. The molecule has 5 nitrogen and oxygen atoms in total. The molecule has 0 spiro atoms. The van der Waals surface area contributed by atoms with Crippen LogP contribution in [0.3, 0.4) is 0 Å². The molecule has 2 aromatic carbocycles. The van der Waals surface area contributed by atoms with Crippen LogP contribution in [-0.4, -0.2) is 38.4 Å². The molecule has 33 heavy (non-hydrogen) atoms. The third-order valence-electron chi connectivity index (χ3n) is 7.12. The molecule has 0 aromatic heterocycles. The lowest BCUT2D eigenvalue weighted by atomic mass is 9.90. The summed E-state index contributed by atoms with van der Waals surface area (Å²) in [6.07, 6.45) is 9.52. The number of sulfonamides is 1. The predicted octanol–water partition coefficient (Wildman–Crippen LogP) is 4.71. The van der Waals surface area contributed by atoms with Crippen molar-refractivity contribution in [1.29, 1.82) is 0 Å². The van der Waals surface area contributed by atoms with E-state index < -0.39 is 10.0 Å². The number of hydrogen-bond acceptors (Lipinski definition) is 3. The molecule has 2 fully saturated rings. The summed E-state index contributed by atoms with van der Waals surface area (Å²) in [5.41, 5.74) is 2.38. The van der Waals surface area contributed by atoms with Crippen molar-refractivity contribution in [3.8, 4) is 0 Å². The minimum atomic E-state index is -3.48. The molecular formula is C27H36N2O3S. The van der Waals surface area contributed by atoms with Crippen LogP contribution in [-0.2, 0) is 27.7 Å². The molecule has 4 rings (SSSR count).